The SMILES string of the molecule is CCN(Cc1ccccc1)Cc1cnc[nH]1. The summed E-state index contributed by atoms with van der Waals surface area (Å²) in [6, 6.07) is 10.5. The number of nitrogens with one attached hydrogen (secondary N) is 1. The van der Waals surface area contributed by atoms with Gasteiger partial charge in [0.2, 0.25) is 0 Å². The number of benzene rings is 1. The van der Waals surface area contributed by atoms with Gasteiger partial charge < -0.3 is 4.98 Å². The second-order valence-electron chi connectivity index (χ2n) is 3.87. The van der Waals surface area contributed by atoms with Gasteiger partial charge in [-0.2, -0.15) is 0 Å². The Balaban J connectivity index is 1.96. The number of nitrogens with zero attached hydrogens (tertiary/aromatic N) is 2. The maximum Gasteiger partial charge on any atom is 0.0922 e. The molecule has 0 radical (unpaired) electrons. The zero-order chi connectivity index (χ0) is 11.2. The molecule has 16 heavy (non-hydrogen) atoms. The second kappa shape index (κ2) is 5.47. The van der Waals surface area contributed by atoms with Crippen LogP contribution in [-0.4, -0.2) is 21.4 Å². The molecule has 1 aromatic carbocycles. The summed E-state index contributed by atoms with van der Waals surface area (Å²) in [6.07, 6.45) is 3.61. The highest BCUT2D eigenvalue weighted by Crippen LogP contribution is 2.07. The summed E-state index contributed by atoms with van der Waals surface area (Å²) in [7, 11) is 0. The molecule has 1 N–H and O–H groups in total. The van der Waals surface area contributed by atoms with E-state index in [0.717, 1.165) is 25.3 Å². The number of aromatic nitrogens is 2. The summed E-state index contributed by atoms with van der Waals surface area (Å²) in [5.74, 6) is 0. The van der Waals surface area contributed by atoms with Crippen molar-refractivity contribution in [2.75, 3.05) is 6.54 Å². The zero-order valence-electron chi connectivity index (χ0n) is 9.56. The minimum Gasteiger partial charge on any atom is -0.347 e. The molecule has 0 aliphatic carbocycles. The maximum absolute atomic E-state index is 4.03. The Morgan fingerprint density at radius 2 is 2.00 bits per heavy atom. The average molecular weight is 215 g/mol. The molecule has 2 aromatic rings. The van der Waals surface area contributed by atoms with Gasteiger partial charge in [0.05, 0.1) is 6.33 Å². The predicted molar refractivity (Wildman–Crippen MR) is 64.8 cm³/mol. The molecule has 3 heteroatoms. The van der Waals surface area contributed by atoms with E-state index in [9.17, 15) is 0 Å². The third-order valence-electron chi connectivity index (χ3n) is 2.65. The van der Waals surface area contributed by atoms with Crippen molar-refractivity contribution in [3.05, 3.63) is 54.1 Å². The molecule has 0 aliphatic heterocycles. The van der Waals surface area contributed by atoms with E-state index in [1.165, 1.54) is 5.56 Å². The fourth-order valence-corrected chi connectivity index (χ4v) is 1.73. The van der Waals surface area contributed by atoms with Crippen molar-refractivity contribution in [1.29, 1.82) is 0 Å². The number of hydrogen-bond donors (Lipinski definition) is 1. The largest absolute Gasteiger partial charge is 0.347 e. The van der Waals surface area contributed by atoms with Crippen LogP contribution in [0.4, 0.5) is 0 Å². The lowest BCUT2D eigenvalue weighted by atomic mass is 10.2. The van der Waals surface area contributed by atoms with Crippen LogP contribution in [0.15, 0.2) is 42.9 Å². The predicted octanol–water partition coefficient (Wildman–Crippen LogP) is 2.43. The van der Waals surface area contributed by atoms with E-state index in [1.54, 1.807) is 6.33 Å². The van der Waals surface area contributed by atoms with E-state index in [1.807, 2.05) is 6.20 Å². The minimum absolute atomic E-state index is 0.922. The van der Waals surface area contributed by atoms with Crippen molar-refractivity contribution in [3.8, 4) is 0 Å². The maximum atomic E-state index is 4.03. The Morgan fingerprint density at radius 3 is 2.62 bits per heavy atom. The molecule has 0 bridgehead atoms. The van der Waals surface area contributed by atoms with Crippen LogP contribution in [0.5, 0.6) is 0 Å². The fraction of sp³-hybridized carbons (Fsp3) is 0.308. The molecule has 0 atom stereocenters. The van der Waals surface area contributed by atoms with Gasteiger partial charge in [-0.3, -0.25) is 4.90 Å². The van der Waals surface area contributed by atoms with Crippen molar-refractivity contribution < 1.29 is 0 Å². The summed E-state index contributed by atoms with van der Waals surface area (Å²) in [5.41, 5.74) is 2.52. The monoisotopic (exact) mass is 215 g/mol. The zero-order valence-corrected chi connectivity index (χ0v) is 9.56. The molecule has 0 aliphatic rings. The molecule has 84 valence electrons. The molecule has 0 fully saturated rings. The molecule has 0 saturated heterocycles. The fourth-order valence-electron chi connectivity index (χ4n) is 1.73. The molecule has 1 aromatic heterocycles. The second-order valence-corrected chi connectivity index (χ2v) is 3.87. The first kappa shape index (κ1) is 10.9. The van der Waals surface area contributed by atoms with Gasteiger partial charge in [0, 0.05) is 25.0 Å². The molecule has 3 nitrogen and oxygen atoms in total. The van der Waals surface area contributed by atoms with E-state index < -0.39 is 0 Å². The topological polar surface area (TPSA) is 31.9 Å². The summed E-state index contributed by atoms with van der Waals surface area (Å²) < 4.78 is 0. The van der Waals surface area contributed by atoms with E-state index in [0.29, 0.717) is 0 Å². The average Bonchev–Trinajstić information content (AvgIpc) is 2.82. The van der Waals surface area contributed by atoms with Gasteiger partial charge >= 0.3 is 0 Å². The lowest BCUT2D eigenvalue weighted by Gasteiger charge is -2.19. The number of rotatable bonds is 5. The van der Waals surface area contributed by atoms with E-state index >= 15 is 0 Å². The Morgan fingerprint density at radius 1 is 1.19 bits per heavy atom. The lowest BCUT2D eigenvalue weighted by Crippen LogP contribution is -2.22. The van der Waals surface area contributed by atoms with Crippen LogP contribution in [0.2, 0.25) is 0 Å². The number of hydrogen-bond acceptors (Lipinski definition) is 2. The van der Waals surface area contributed by atoms with E-state index in [2.05, 4.69) is 52.1 Å². The van der Waals surface area contributed by atoms with Crippen molar-refractivity contribution in [3.63, 3.8) is 0 Å². The molecule has 1 heterocycles. The first-order chi connectivity index (χ1) is 7.88. The van der Waals surface area contributed by atoms with Gasteiger partial charge in [0.15, 0.2) is 0 Å². The van der Waals surface area contributed by atoms with Crippen molar-refractivity contribution >= 4 is 0 Å². The first-order valence-corrected chi connectivity index (χ1v) is 5.62. The summed E-state index contributed by atoms with van der Waals surface area (Å²) in [6.45, 7) is 5.12. The van der Waals surface area contributed by atoms with Gasteiger partial charge in [0.1, 0.15) is 0 Å². The van der Waals surface area contributed by atoms with Gasteiger partial charge in [-0.15, -0.1) is 0 Å². The van der Waals surface area contributed by atoms with Crippen LogP contribution < -0.4 is 0 Å². The molecule has 0 spiro atoms. The van der Waals surface area contributed by atoms with Gasteiger partial charge in [-0.1, -0.05) is 37.3 Å². The number of aromatic amines is 1. The summed E-state index contributed by atoms with van der Waals surface area (Å²) in [5, 5.41) is 0. The third kappa shape index (κ3) is 2.94. The van der Waals surface area contributed by atoms with Crippen LogP contribution in [0, 0.1) is 0 Å². The number of H-pyrrole nitrogens is 1. The van der Waals surface area contributed by atoms with Crippen LogP contribution in [0.3, 0.4) is 0 Å². The highest BCUT2D eigenvalue weighted by Gasteiger charge is 2.05. The van der Waals surface area contributed by atoms with Crippen LogP contribution in [0.25, 0.3) is 0 Å². The standard InChI is InChI=1S/C13H17N3/c1-2-16(10-13-8-14-11-15-13)9-12-6-4-3-5-7-12/h3-8,11H,2,9-10H2,1H3,(H,14,15). The summed E-state index contributed by atoms with van der Waals surface area (Å²) in [4.78, 5) is 9.55. The smallest absolute Gasteiger partial charge is 0.0922 e. The van der Waals surface area contributed by atoms with Crippen molar-refractivity contribution in [1.82, 2.24) is 14.9 Å². The molecule has 2 rings (SSSR count). The van der Waals surface area contributed by atoms with Crippen molar-refractivity contribution in [2.24, 2.45) is 0 Å². The molecule has 0 saturated carbocycles. The molecular formula is C13H17N3. The van der Waals surface area contributed by atoms with Crippen LogP contribution >= 0.6 is 0 Å². The Kier molecular flexibility index (Phi) is 3.72. The van der Waals surface area contributed by atoms with Gasteiger partial charge in [0.25, 0.3) is 0 Å². The Labute approximate surface area is 96.1 Å². The first-order valence-electron chi connectivity index (χ1n) is 5.62. The Hall–Kier alpha value is -1.61. The quantitative estimate of drug-likeness (QED) is 0.830. The summed E-state index contributed by atoms with van der Waals surface area (Å²) >= 11 is 0. The molecular weight excluding hydrogens is 198 g/mol. The lowest BCUT2D eigenvalue weighted by molar-refractivity contribution is 0.268. The highest BCUT2D eigenvalue weighted by molar-refractivity contribution is 5.14. The third-order valence-corrected chi connectivity index (χ3v) is 2.65. The normalized spacial score (nSPS) is 10.9. The van der Waals surface area contributed by atoms with Gasteiger partial charge in [-0.05, 0) is 12.1 Å². The van der Waals surface area contributed by atoms with Crippen molar-refractivity contribution in [2.45, 2.75) is 20.0 Å². The van der Waals surface area contributed by atoms with E-state index in [-0.39, 0.29) is 0 Å². The number of imidazole rings is 1. The minimum atomic E-state index is 0.922. The van der Waals surface area contributed by atoms with Crippen LogP contribution in [-0.2, 0) is 13.1 Å². The highest BCUT2D eigenvalue weighted by atomic mass is 15.1. The Bertz CT molecular complexity index is 394. The molecule has 0 amide bonds. The van der Waals surface area contributed by atoms with Crippen LogP contribution in [0.1, 0.15) is 18.2 Å². The molecule has 0 unspecified atom stereocenters. The van der Waals surface area contributed by atoms with E-state index in [4.69, 9.17) is 0 Å². The van der Waals surface area contributed by atoms with Gasteiger partial charge in [-0.25, -0.2) is 4.98 Å².